The average Bonchev–Trinajstić information content (AvgIpc) is 2.71. The van der Waals surface area contributed by atoms with Gasteiger partial charge in [0.05, 0.1) is 10.5 Å². The Morgan fingerprint density at radius 1 is 1.35 bits per heavy atom. The lowest BCUT2D eigenvalue weighted by Crippen LogP contribution is -2.21. The summed E-state index contributed by atoms with van der Waals surface area (Å²) in [6, 6.07) is 7.74. The zero-order chi connectivity index (χ0) is 14.3. The summed E-state index contributed by atoms with van der Waals surface area (Å²) in [6.45, 7) is 3.85. The molecule has 1 aromatic carbocycles. The molecule has 20 heavy (non-hydrogen) atoms. The van der Waals surface area contributed by atoms with Crippen molar-refractivity contribution in [2.45, 2.75) is 24.3 Å². The van der Waals surface area contributed by atoms with Crippen molar-refractivity contribution in [1.29, 1.82) is 0 Å². The van der Waals surface area contributed by atoms with Crippen molar-refractivity contribution in [3.8, 4) is 0 Å². The highest BCUT2D eigenvalue weighted by Gasteiger charge is 2.32. The molecule has 104 valence electrons. The summed E-state index contributed by atoms with van der Waals surface area (Å²) in [5.74, 6) is 0.576. The number of H-pyrrole nitrogens is 1. The van der Waals surface area contributed by atoms with Gasteiger partial charge < -0.3 is 5.32 Å². The molecule has 1 amide bonds. The monoisotopic (exact) mass is 307 g/mol. The number of benzene rings is 1. The number of aryl methyl sites for hydroxylation is 1. The number of hydrogen-bond acceptors (Lipinski definition) is 3. The maximum Gasteiger partial charge on any atom is 0.238 e. The molecule has 0 fully saturated rings. The molecule has 0 saturated carbocycles. The molecule has 0 saturated heterocycles. The molecule has 0 unspecified atom stereocenters. The first kappa shape index (κ1) is 13.5. The van der Waals surface area contributed by atoms with Crippen LogP contribution < -0.4 is 5.32 Å². The van der Waals surface area contributed by atoms with Crippen LogP contribution in [0.25, 0.3) is 0 Å². The first-order valence-electron chi connectivity index (χ1n) is 6.33. The molecule has 0 radical (unpaired) electrons. The lowest BCUT2D eigenvalue weighted by Gasteiger charge is -2.18. The number of rotatable bonds is 1. The van der Waals surface area contributed by atoms with E-state index in [1.165, 1.54) is 0 Å². The number of halogens is 1. The van der Waals surface area contributed by atoms with Crippen LogP contribution in [0.3, 0.4) is 0 Å². The predicted octanol–water partition coefficient (Wildman–Crippen LogP) is 3.53. The Hall–Kier alpha value is -1.46. The van der Waals surface area contributed by atoms with Crippen LogP contribution in [0.15, 0.2) is 24.3 Å². The largest absolute Gasteiger partial charge is 0.308 e. The molecule has 2 atom stereocenters. The van der Waals surface area contributed by atoms with Gasteiger partial charge in [-0.2, -0.15) is 5.10 Å². The summed E-state index contributed by atoms with van der Waals surface area (Å²) >= 11 is 7.92. The lowest BCUT2D eigenvalue weighted by molar-refractivity contribution is -0.115. The van der Waals surface area contributed by atoms with Crippen LogP contribution >= 0.6 is 23.4 Å². The molecule has 2 aromatic rings. The molecule has 2 N–H and O–H groups in total. The highest BCUT2D eigenvalue weighted by molar-refractivity contribution is 8.01. The third-order valence-corrected chi connectivity index (χ3v) is 5.12. The van der Waals surface area contributed by atoms with Gasteiger partial charge in [0, 0.05) is 16.3 Å². The van der Waals surface area contributed by atoms with Crippen molar-refractivity contribution >= 4 is 35.1 Å². The van der Waals surface area contributed by atoms with Gasteiger partial charge in [-0.1, -0.05) is 29.8 Å². The SMILES string of the molecule is Cc1[nH]nc2c1[C@@H](c1ccccc1Cl)S[C@H](C)C(=O)N2. The summed E-state index contributed by atoms with van der Waals surface area (Å²) in [7, 11) is 0. The van der Waals surface area contributed by atoms with Gasteiger partial charge in [0.2, 0.25) is 5.91 Å². The van der Waals surface area contributed by atoms with E-state index in [2.05, 4.69) is 15.5 Å². The van der Waals surface area contributed by atoms with Crippen LogP contribution in [0.1, 0.15) is 29.0 Å². The number of nitrogens with one attached hydrogen (secondary N) is 2. The van der Waals surface area contributed by atoms with Gasteiger partial charge in [0.15, 0.2) is 5.82 Å². The summed E-state index contributed by atoms with van der Waals surface area (Å²) in [5, 5.41) is 10.5. The molecule has 1 aliphatic rings. The number of anilines is 1. The summed E-state index contributed by atoms with van der Waals surface area (Å²) in [5.41, 5.74) is 2.96. The molecular formula is C14H14ClN3OS. The van der Waals surface area contributed by atoms with Gasteiger partial charge in [0.1, 0.15) is 0 Å². The van der Waals surface area contributed by atoms with E-state index in [-0.39, 0.29) is 16.4 Å². The zero-order valence-corrected chi connectivity index (χ0v) is 12.7. The third-order valence-electron chi connectivity index (χ3n) is 3.40. The second-order valence-electron chi connectivity index (χ2n) is 4.78. The Labute approximate surface area is 126 Å². The number of aromatic nitrogens is 2. The maximum atomic E-state index is 12.0. The first-order chi connectivity index (χ1) is 9.58. The minimum Gasteiger partial charge on any atom is -0.308 e. The van der Waals surface area contributed by atoms with Gasteiger partial charge in [-0.05, 0) is 25.5 Å². The molecule has 3 rings (SSSR count). The lowest BCUT2D eigenvalue weighted by atomic mass is 10.0. The van der Waals surface area contributed by atoms with Gasteiger partial charge >= 0.3 is 0 Å². The van der Waals surface area contributed by atoms with Crippen molar-refractivity contribution < 1.29 is 4.79 Å². The number of thioether (sulfide) groups is 1. The number of fused-ring (bicyclic) bond motifs is 1. The van der Waals surface area contributed by atoms with E-state index in [0.29, 0.717) is 10.8 Å². The minimum absolute atomic E-state index is 0.00796. The Kier molecular flexibility index (Phi) is 3.48. The van der Waals surface area contributed by atoms with Crippen molar-refractivity contribution in [3.63, 3.8) is 0 Å². The standard InChI is InChI=1S/C14H14ClN3OS/c1-7-11-12(9-5-3-4-6-10(9)15)20-8(2)14(19)16-13(11)18-17-7/h3-6,8,12H,1-2H3,(H2,16,17,18,19)/t8-,12-/m1/s1. The van der Waals surface area contributed by atoms with Crippen LogP contribution in [-0.4, -0.2) is 21.4 Å². The molecule has 2 heterocycles. The van der Waals surface area contributed by atoms with E-state index in [0.717, 1.165) is 16.8 Å². The first-order valence-corrected chi connectivity index (χ1v) is 7.65. The maximum absolute atomic E-state index is 12.0. The Balaban J connectivity index is 2.16. The molecule has 0 aliphatic carbocycles. The smallest absolute Gasteiger partial charge is 0.238 e. The number of amides is 1. The van der Waals surface area contributed by atoms with Crippen LogP contribution in [0, 0.1) is 6.92 Å². The highest BCUT2D eigenvalue weighted by Crippen LogP contribution is 2.46. The quantitative estimate of drug-likeness (QED) is 0.847. The van der Waals surface area contributed by atoms with E-state index in [9.17, 15) is 4.79 Å². The highest BCUT2D eigenvalue weighted by atomic mass is 35.5. The Bertz CT molecular complexity index is 670. The molecule has 4 nitrogen and oxygen atoms in total. The van der Waals surface area contributed by atoms with E-state index >= 15 is 0 Å². The number of carbonyl (C=O) groups is 1. The zero-order valence-electron chi connectivity index (χ0n) is 11.1. The summed E-state index contributed by atoms with van der Waals surface area (Å²) in [4.78, 5) is 12.0. The van der Waals surface area contributed by atoms with Crippen LogP contribution in [0.4, 0.5) is 5.82 Å². The van der Waals surface area contributed by atoms with Crippen LogP contribution in [0.5, 0.6) is 0 Å². The van der Waals surface area contributed by atoms with Gasteiger partial charge in [-0.3, -0.25) is 9.89 Å². The van der Waals surface area contributed by atoms with E-state index < -0.39 is 0 Å². The molecule has 0 spiro atoms. The van der Waals surface area contributed by atoms with Gasteiger partial charge in [0.25, 0.3) is 0 Å². The second-order valence-corrected chi connectivity index (χ2v) is 6.64. The van der Waals surface area contributed by atoms with Crippen molar-refractivity contribution in [2.75, 3.05) is 5.32 Å². The normalized spacial score (nSPS) is 22.1. The molecule has 1 aliphatic heterocycles. The predicted molar refractivity (Wildman–Crippen MR) is 82.3 cm³/mol. The summed E-state index contributed by atoms with van der Waals surface area (Å²) in [6.07, 6.45) is 0. The number of hydrogen-bond donors (Lipinski definition) is 2. The van der Waals surface area contributed by atoms with E-state index in [4.69, 9.17) is 11.6 Å². The molecule has 1 aromatic heterocycles. The molecular weight excluding hydrogens is 294 g/mol. The Morgan fingerprint density at radius 2 is 2.10 bits per heavy atom. The van der Waals surface area contributed by atoms with E-state index in [1.54, 1.807) is 11.8 Å². The van der Waals surface area contributed by atoms with Crippen molar-refractivity contribution in [2.24, 2.45) is 0 Å². The molecule has 6 heteroatoms. The fourth-order valence-electron chi connectivity index (χ4n) is 2.32. The van der Waals surface area contributed by atoms with E-state index in [1.807, 2.05) is 38.1 Å². The fourth-order valence-corrected chi connectivity index (χ4v) is 4.00. The number of aromatic amines is 1. The number of carbonyl (C=O) groups excluding carboxylic acids is 1. The minimum atomic E-state index is -0.162. The molecule has 0 bridgehead atoms. The van der Waals surface area contributed by atoms with Gasteiger partial charge in [-0.25, -0.2) is 0 Å². The van der Waals surface area contributed by atoms with Crippen LogP contribution in [-0.2, 0) is 4.79 Å². The average molecular weight is 308 g/mol. The number of nitrogens with zero attached hydrogens (tertiary/aromatic N) is 1. The van der Waals surface area contributed by atoms with Crippen LogP contribution in [0.2, 0.25) is 5.02 Å². The topological polar surface area (TPSA) is 57.8 Å². The Morgan fingerprint density at radius 3 is 2.85 bits per heavy atom. The second kappa shape index (κ2) is 5.14. The third kappa shape index (κ3) is 2.21. The summed E-state index contributed by atoms with van der Waals surface area (Å²) < 4.78 is 0. The van der Waals surface area contributed by atoms with Crippen molar-refractivity contribution in [1.82, 2.24) is 10.2 Å². The van der Waals surface area contributed by atoms with Crippen molar-refractivity contribution in [3.05, 3.63) is 46.1 Å². The van der Waals surface area contributed by atoms with Gasteiger partial charge in [-0.15, -0.1) is 11.8 Å². The fraction of sp³-hybridized carbons (Fsp3) is 0.286.